The lowest BCUT2D eigenvalue weighted by Crippen LogP contribution is -2.25. The third-order valence-corrected chi connectivity index (χ3v) is 4.99. The van der Waals surface area contributed by atoms with Crippen molar-refractivity contribution in [3.63, 3.8) is 0 Å². The first kappa shape index (κ1) is 13.2. The molecule has 2 N–H and O–H groups in total. The summed E-state index contributed by atoms with van der Waals surface area (Å²) in [6.45, 7) is 0. The van der Waals surface area contributed by atoms with Gasteiger partial charge in [-0.2, -0.15) is 0 Å². The molecule has 4 heteroatoms. The van der Waals surface area contributed by atoms with Gasteiger partial charge in [0.1, 0.15) is 0 Å². The molecule has 0 fully saturated rings. The number of nitrogen functional groups attached to an aromatic ring is 1. The molecule has 1 amide bonds. The van der Waals surface area contributed by atoms with Gasteiger partial charge in [0.15, 0.2) is 0 Å². The highest BCUT2D eigenvalue weighted by atomic mass is 32.1. The molecule has 0 saturated heterocycles. The van der Waals surface area contributed by atoms with Gasteiger partial charge in [-0.25, -0.2) is 0 Å². The number of anilines is 2. The number of nitrogens with two attached hydrogens (primary N) is 1. The van der Waals surface area contributed by atoms with Crippen molar-refractivity contribution in [3.05, 3.63) is 45.6 Å². The fourth-order valence-corrected chi connectivity index (χ4v) is 3.84. The number of carbonyl (C=O) groups excluding carboxylic acids is 1. The number of benzene rings is 1. The van der Waals surface area contributed by atoms with Crippen molar-refractivity contribution in [2.24, 2.45) is 0 Å². The molecular weight excluding hydrogens is 268 g/mol. The first-order chi connectivity index (χ1) is 9.65. The molecule has 104 valence electrons. The van der Waals surface area contributed by atoms with E-state index in [4.69, 9.17) is 5.73 Å². The Bertz CT molecular complexity index is 624. The zero-order chi connectivity index (χ0) is 14.1. The second-order valence-corrected chi connectivity index (χ2v) is 6.36. The molecule has 0 radical (unpaired) electrons. The third kappa shape index (κ3) is 2.43. The summed E-state index contributed by atoms with van der Waals surface area (Å²) >= 11 is 1.65. The van der Waals surface area contributed by atoms with Crippen molar-refractivity contribution >= 4 is 28.6 Å². The van der Waals surface area contributed by atoms with Crippen LogP contribution in [0.2, 0.25) is 0 Å². The summed E-state index contributed by atoms with van der Waals surface area (Å²) in [6.07, 6.45) is 4.71. The predicted octanol–water partition coefficient (Wildman–Crippen LogP) is 3.49. The molecule has 1 aliphatic carbocycles. The van der Waals surface area contributed by atoms with Gasteiger partial charge >= 0.3 is 0 Å². The van der Waals surface area contributed by atoms with E-state index in [1.54, 1.807) is 23.3 Å². The maximum Gasteiger partial charge on any atom is 0.268 e. The highest BCUT2D eigenvalue weighted by Gasteiger charge is 2.20. The molecule has 1 aromatic heterocycles. The van der Waals surface area contributed by atoms with Crippen molar-refractivity contribution in [1.29, 1.82) is 0 Å². The van der Waals surface area contributed by atoms with Crippen molar-refractivity contribution in [2.45, 2.75) is 25.7 Å². The van der Waals surface area contributed by atoms with Crippen molar-refractivity contribution in [2.75, 3.05) is 17.7 Å². The third-order valence-electron chi connectivity index (χ3n) is 3.77. The van der Waals surface area contributed by atoms with Crippen LogP contribution in [0.15, 0.2) is 30.3 Å². The maximum absolute atomic E-state index is 12.6. The van der Waals surface area contributed by atoms with Crippen LogP contribution in [0.4, 0.5) is 11.4 Å². The number of hydrogen-bond acceptors (Lipinski definition) is 3. The number of fused-ring (bicyclic) bond motifs is 1. The molecule has 0 unspecified atom stereocenters. The van der Waals surface area contributed by atoms with Crippen LogP contribution in [0.1, 0.15) is 33.0 Å². The molecular formula is C16H18N2OS. The van der Waals surface area contributed by atoms with Crippen LogP contribution in [-0.4, -0.2) is 13.0 Å². The van der Waals surface area contributed by atoms with E-state index in [1.165, 1.54) is 23.3 Å². The van der Waals surface area contributed by atoms with Gasteiger partial charge in [0.2, 0.25) is 0 Å². The summed E-state index contributed by atoms with van der Waals surface area (Å²) in [5.41, 5.74) is 8.65. The maximum atomic E-state index is 12.6. The molecule has 2 aromatic rings. The summed E-state index contributed by atoms with van der Waals surface area (Å²) in [5.74, 6) is 0.0509. The van der Waals surface area contributed by atoms with Gasteiger partial charge in [-0.15, -0.1) is 11.3 Å². The molecule has 1 aromatic carbocycles. The normalized spacial score (nSPS) is 13.8. The summed E-state index contributed by atoms with van der Waals surface area (Å²) in [7, 11) is 1.80. The fourth-order valence-electron chi connectivity index (χ4n) is 2.61. The number of thiophene rings is 1. The Kier molecular flexibility index (Phi) is 3.49. The molecule has 0 saturated carbocycles. The average molecular weight is 286 g/mol. The lowest BCUT2D eigenvalue weighted by Gasteiger charge is -2.16. The fraction of sp³-hybridized carbons (Fsp3) is 0.312. The number of nitrogens with zero attached hydrogens (tertiary/aromatic N) is 1. The Morgan fingerprint density at radius 1 is 1.25 bits per heavy atom. The van der Waals surface area contributed by atoms with Crippen molar-refractivity contribution in [1.82, 2.24) is 0 Å². The zero-order valence-electron chi connectivity index (χ0n) is 11.6. The van der Waals surface area contributed by atoms with Gasteiger partial charge in [0.05, 0.1) is 4.88 Å². The first-order valence-electron chi connectivity index (χ1n) is 6.90. The van der Waals surface area contributed by atoms with E-state index in [1.807, 2.05) is 24.3 Å². The van der Waals surface area contributed by atoms with E-state index >= 15 is 0 Å². The van der Waals surface area contributed by atoms with Crippen LogP contribution in [0.3, 0.4) is 0 Å². The Hall–Kier alpha value is -1.81. The Balaban J connectivity index is 1.86. The molecule has 0 bridgehead atoms. The molecule has 3 rings (SSSR count). The van der Waals surface area contributed by atoms with Crippen LogP contribution >= 0.6 is 11.3 Å². The minimum atomic E-state index is 0.0509. The minimum absolute atomic E-state index is 0.0509. The second-order valence-electron chi connectivity index (χ2n) is 5.23. The topological polar surface area (TPSA) is 46.3 Å². The van der Waals surface area contributed by atoms with Crippen LogP contribution in [-0.2, 0) is 12.8 Å². The number of carbonyl (C=O) groups is 1. The van der Waals surface area contributed by atoms with E-state index in [9.17, 15) is 4.79 Å². The van der Waals surface area contributed by atoms with E-state index in [2.05, 4.69) is 6.07 Å². The summed E-state index contributed by atoms with van der Waals surface area (Å²) < 4.78 is 0. The van der Waals surface area contributed by atoms with Gasteiger partial charge in [0, 0.05) is 23.3 Å². The standard InChI is InChI=1S/C16H18N2OS/c1-18(13-7-4-6-12(17)10-13)16(19)15-9-11-5-2-3-8-14(11)20-15/h4,6-7,9-10H,2-3,5,8,17H2,1H3. The van der Waals surface area contributed by atoms with Crippen LogP contribution in [0.5, 0.6) is 0 Å². The van der Waals surface area contributed by atoms with E-state index in [0.29, 0.717) is 5.69 Å². The van der Waals surface area contributed by atoms with Crippen LogP contribution in [0.25, 0.3) is 0 Å². The monoisotopic (exact) mass is 286 g/mol. The lowest BCUT2D eigenvalue weighted by molar-refractivity contribution is 0.0997. The summed E-state index contributed by atoms with van der Waals surface area (Å²) in [4.78, 5) is 16.5. The van der Waals surface area contributed by atoms with Crippen LogP contribution < -0.4 is 10.6 Å². The SMILES string of the molecule is CN(C(=O)c1cc2c(s1)CCCC2)c1cccc(N)c1. The minimum Gasteiger partial charge on any atom is -0.399 e. The molecule has 0 aliphatic heterocycles. The molecule has 0 spiro atoms. The quantitative estimate of drug-likeness (QED) is 0.859. The highest BCUT2D eigenvalue weighted by Crippen LogP contribution is 2.31. The average Bonchev–Trinajstić information content (AvgIpc) is 2.89. The molecule has 1 aliphatic rings. The van der Waals surface area contributed by atoms with E-state index < -0.39 is 0 Å². The molecule has 3 nitrogen and oxygen atoms in total. The number of aryl methyl sites for hydroxylation is 2. The van der Waals surface area contributed by atoms with Crippen molar-refractivity contribution in [3.8, 4) is 0 Å². The second kappa shape index (κ2) is 5.29. The Morgan fingerprint density at radius 3 is 2.80 bits per heavy atom. The van der Waals surface area contributed by atoms with Gasteiger partial charge in [0.25, 0.3) is 5.91 Å². The van der Waals surface area contributed by atoms with Crippen LogP contribution in [0, 0.1) is 0 Å². The van der Waals surface area contributed by atoms with Gasteiger partial charge in [-0.1, -0.05) is 6.07 Å². The molecule has 0 atom stereocenters. The largest absolute Gasteiger partial charge is 0.399 e. The van der Waals surface area contributed by atoms with Crippen molar-refractivity contribution < 1.29 is 4.79 Å². The molecule has 20 heavy (non-hydrogen) atoms. The zero-order valence-corrected chi connectivity index (χ0v) is 12.4. The Morgan fingerprint density at radius 2 is 2.05 bits per heavy atom. The summed E-state index contributed by atoms with van der Waals surface area (Å²) in [6, 6.07) is 9.50. The Labute approximate surface area is 123 Å². The number of rotatable bonds is 2. The van der Waals surface area contributed by atoms with Gasteiger partial charge in [-0.05, 0) is 55.5 Å². The lowest BCUT2D eigenvalue weighted by atomic mass is 9.99. The van der Waals surface area contributed by atoms with E-state index in [0.717, 1.165) is 23.4 Å². The predicted molar refractivity (Wildman–Crippen MR) is 84.5 cm³/mol. The summed E-state index contributed by atoms with van der Waals surface area (Å²) in [5, 5.41) is 0. The number of amides is 1. The first-order valence-corrected chi connectivity index (χ1v) is 7.72. The van der Waals surface area contributed by atoms with Gasteiger partial charge in [-0.3, -0.25) is 4.79 Å². The smallest absolute Gasteiger partial charge is 0.268 e. The van der Waals surface area contributed by atoms with E-state index in [-0.39, 0.29) is 5.91 Å². The number of hydrogen-bond donors (Lipinski definition) is 1. The highest BCUT2D eigenvalue weighted by molar-refractivity contribution is 7.14. The van der Waals surface area contributed by atoms with Gasteiger partial charge < -0.3 is 10.6 Å². The molecule has 1 heterocycles.